The maximum atomic E-state index is 13.1. The Bertz CT molecular complexity index is 540. The molecule has 0 heterocycles. The number of amides is 1. The molecule has 0 radical (unpaired) electrons. The van der Waals surface area contributed by atoms with Gasteiger partial charge in [-0.15, -0.1) is 0 Å². The quantitative estimate of drug-likeness (QED) is 0.0792. The molecule has 0 spiro atoms. The number of rotatable bonds is 27. The summed E-state index contributed by atoms with van der Waals surface area (Å²) in [5.41, 5.74) is 0. The Morgan fingerprint density at radius 2 is 1.18 bits per heavy atom. The summed E-state index contributed by atoms with van der Waals surface area (Å²) in [6, 6.07) is 0.174. The average molecular weight is 541 g/mol. The minimum absolute atomic E-state index is 0.0114. The first kappa shape index (κ1) is 36.9. The molecule has 0 N–H and O–H groups in total. The first-order valence-corrected chi connectivity index (χ1v) is 16.0. The minimum Gasteiger partial charge on any atom is -0.464 e. The first-order chi connectivity index (χ1) is 18.4. The lowest BCUT2D eigenvalue weighted by molar-refractivity contribution is -0.151. The standard InChI is InChI=1S/C32H64N2O4/c1-7-10-12-14-16-18-20-22-30(23-21-19-17-15-13-11-8-2)32(36)38-27-25-34(24-26-37-6)31(35)28-29(4)33(5)9-3/h29-30H,7-28H2,1-6H3. The maximum absolute atomic E-state index is 13.1. The summed E-state index contributed by atoms with van der Waals surface area (Å²) in [5.74, 6) is 0.0106. The van der Waals surface area contributed by atoms with Crippen LogP contribution < -0.4 is 0 Å². The van der Waals surface area contributed by atoms with E-state index in [1.54, 1.807) is 12.0 Å². The van der Waals surface area contributed by atoms with Crippen LogP contribution in [0, 0.1) is 5.92 Å². The van der Waals surface area contributed by atoms with E-state index in [0.29, 0.717) is 26.1 Å². The molecule has 0 aliphatic carbocycles. The van der Waals surface area contributed by atoms with Crippen molar-refractivity contribution < 1.29 is 19.1 Å². The van der Waals surface area contributed by atoms with E-state index in [9.17, 15) is 9.59 Å². The zero-order valence-electron chi connectivity index (χ0n) is 26.2. The molecular weight excluding hydrogens is 476 g/mol. The number of unbranched alkanes of at least 4 members (excludes halogenated alkanes) is 12. The molecule has 226 valence electrons. The van der Waals surface area contributed by atoms with E-state index < -0.39 is 0 Å². The van der Waals surface area contributed by atoms with Crippen molar-refractivity contribution in [3.8, 4) is 0 Å². The van der Waals surface area contributed by atoms with Crippen LogP contribution in [0.15, 0.2) is 0 Å². The smallest absolute Gasteiger partial charge is 0.308 e. The monoisotopic (exact) mass is 540 g/mol. The molecule has 1 amide bonds. The highest BCUT2D eigenvalue weighted by Crippen LogP contribution is 2.21. The Labute approximate surface area is 236 Å². The fourth-order valence-electron chi connectivity index (χ4n) is 4.86. The second-order valence-electron chi connectivity index (χ2n) is 11.2. The number of nitrogens with zero attached hydrogens (tertiary/aromatic N) is 2. The highest BCUT2D eigenvalue weighted by atomic mass is 16.5. The second-order valence-corrected chi connectivity index (χ2v) is 11.2. The summed E-state index contributed by atoms with van der Waals surface area (Å²) >= 11 is 0. The second kappa shape index (κ2) is 26.1. The SMILES string of the molecule is CCCCCCCCCC(CCCCCCCCC)C(=O)OCCN(CCOC)C(=O)CC(C)N(C)CC. The fourth-order valence-corrected chi connectivity index (χ4v) is 4.86. The van der Waals surface area contributed by atoms with Crippen LogP contribution in [0.2, 0.25) is 0 Å². The van der Waals surface area contributed by atoms with E-state index in [4.69, 9.17) is 9.47 Å². The molecule has 1 atom stereocenters. The summed E-state index contributed by atoms with van der Waals surface area (Å²) in [5, 5.41) is 0. The lowest BCUT2D eigenvalue weighted by Gasteiger charge is -2.27. The molecule has 0 aromatic carbocycles. The van der Waals surface area contributed by atoms with Crippen LogP contribution in [0.5, 0.6) is 0 Å². The Kier molecular flexibility index (Phi) is 25.3. The molecule has 38 heavy (non-hydrogen) atoms. The molecule has 0 aromatic heterocycles. The number of hydrogen-bond donors (Lipinski definition) is 0. The van der Waals surface area contributed by atoms with Gasteiger partial charge in [0.15, 0.2) is 0 Å². The van der Waals surface area contributed by atoms with Gasteiger partial charge in [-0.1, -0.05) is 111 Å². The van der Waals surface area contributed by atoms with Gasteiger partial charge in [-0.05, 0) is 33.4 Å². The lowest BCUT2D eigenvalue weighted by Crippen LogP contribution is -2.41. The predicted molar refractivity (Wildman–Crippen MR) is 161 cm³/mol. The van der Waals surface area contributed by atoms with Crippen LogP contribution in [0.4, 0.5) is 0 Å². The highest BCUT2D eigenvalue weighted by molar-refractivity contribution is 5.77. The van der Waals surface area contributed by atoms with E-state index >= 15 is 0 Å². The van der Waals surface area contributed by atoms with Crippen LogP contribution in [-0.4, -0.2) is 74.7 Å². The van der Waals surface area contributed by atoms with E-state index in [1.165, 1.54) is 77.0 Å². The van der Waals surface area contributed by atoms with Gasteiger partial charge in [0.2, 0.25) is 5.91 Å². The van der Waals surface area contributed by atoms with Crippen molar-refractivity contribution in [2.24, 2.45) is 5.92 Å². The Hall–Kier alpha value is -1.14. The molecule has 0 saturated heterocycles. The van der Waals surface area contributed by atoms with Gasteiger partial charge in [0.05, 0.1) is 19.1 Å². The van der Waals surface area contributed by atoms with Crippen molar-refractivity contribution in [2.75, 3.05) is 47.0 Å². The number of esters is 1. The zero-order chi connectivity index (χ0) is 28.4. The maximum Gasteiger partial charge on any atom is 0.308 e. The van der Waals surface area contributed by atoms with Crippen LogP contribution in [-0.2, 0) is 19.1 Å². The summed E-state index contributed by atoms with van der Waals surface area (Å²) in [4.78, 5) is 30.0. The van der Waals surface area contributed by atoms with Crippen molar-refractivity contribution in [3.63, 3.8) is 0 Å². The lowest BCUT2D eigenvalue weighted by atomic mass is 9.94. The normalized spacial score (nSPS) is 12.3. The van der Waals surface area contributed by atoms with Gasteiger partial charge in [-0.3, -0.25) is 9.59 Å². The van der Waals surface area contributed by atoms with E-state index in [0.717, 1.165) is 32.2 Å². The van der Waals surface area contributed by atoms with Crippen molar-refractivity contribution in [1.82, 2.24) is 9.80 Å². The van der Waals surface area contributed by atoms with Crippen LogP contribution >= 0.6 is 0 Å². The van der Waals surface area contributed by atoms with Crippen molar-refractivity contribution in [1.29, 1.82) is 0 Å². The molecule has 0 aliphatic rings. The minimum atomic E-state index is -0.0693. The number of ether oxygens (including phenoxy) is 2. The molecule has 1 unspecified atom stereocenters. The van der Waals surface area contributed by atoms with E-state index in [1.807, 2.05) is 7.05 Å². The summed E-state index contributed by atoms with van der Waals surface area (Å²) in [7, 11) is 3.68. The Morgan fingerprint density at radius 1 is 0.711 bits per heavy atom. The van der Waals surface area contributed by atoms with Gasteiger partial charge in [0.25, 0.3) is 0 Å². The average Bonchev–Trinajstić information content (AvgIpc) is 2.91. The third kappa shape index (κ3) is 19.9. The number of hydrogen-bond acceptors (Lipinski definition) is 5. The molecule has 6 nitrogen and oxygen atoms in total. The highest BCUT2D eigenvalue weighted by Gasteiger charge is 2.22. The van der Waals surface area contributed by atoms with Gasteiger partial charge < -0.3 is 19.3 Å². The zero-order valence-corrected chi connectivity index (χ0v) is 26.2. The van der Waals surface area contributed by atoms with Crippen LogP contribution in [0.3, 0.4) is 0 Å². The van der Waals surface area contributed by atoms with E-state index in [-0.39, 0.29) is 30.4 Å². The van der Waals surface area contributed by atoms with Crippen molar-refractivity contribution in [2.45, 2.75) is 143 Å². The summed E-state index contributed by atoms with van der Waals surface area (Å²) in [6.07, 6.45) is 19.9. The van der Waals surface area contributed by atoms with Gasteiger partial charge in [0, 0.05) is 26.1 Å². The third-order valence-corrected chi connectivity index (χ3v) is 7.89. The number of methoxy groups -OCH3 is 1. The molecule has 0 bridgehead atoms. The molecule has 0 aromatic rings. The molecule has 0 aliphatic heterocycles. The van der Waals surface area contributed by atoms with Gasteiger partial charge in [-0.2, -0.15) is 0 Å². The number of carbonyl (C=O) groups excluding carboxylic acids is 2. The molecule has 0 rings (SSSR count). The molecular formula is C32H64N2O4. The topological polar surface area (TPSA) is 59.1 Å². The fraction of sp³-hybridized carbons (Fsp3) is 0.938. The largest absolute Gasteiger partial charge is 0.464 e. The van der Waals surface area contributed by atoms with Crippen LogP contribution in [0.25, 0.3) is 0 Å². The first-order valence-electron chi connectivity index (χ1n) is 16.0. The van der Waals surface area contributed by atoms with E-state index in [2.05, 4.69) is 32.6 Å². The predicted octanol–water partition coefficient (Wildman–Crippen LogP) is 7.63. The van der Waals surface area contributed by atoms with Gasteiger partial charge in [0.1, 0.15) is 6.61 Å². The van der Waals surface area contributed by atoms with Crippen molar-refractivity contribution in [3.05, 3.63) is 0 Å². The van der Waals surface area contributed by atoms with Crippen LogP contribution in [0.1, 0.15) is 137 Å². The van der Waals surface area contributed by atoms with Gasteiger partial charge in [-0.25, -0.2) is 0 Å². The van der Waals surface area contributed by atoms with Gasteiger partial charge >= 0.3 is 5.97 Å². The summed E-state index contributed by atoms with van der Waals surface area (Å²) < 4.78 is 11.0. The number of carbonyl (C=O) groups is 2. The molecule has 0 fully saturated rings. The molecule has 0 saturated carbocycles. The summed E-state index contributed by atoms with van der Waals surface area (Å²) in [6.45, 7) is 11.3. The third-order valence-electron chi connectivity index (χ3n) is 7.89. The van der Waals surface area contributed by atoms with Crippen molar-refractivity contribution >= 4 is 11.9 Å². The Morgan fingerprint density at radius 3 is 1.66 bits per heavy atom. The molecule has 6 heteroatoms. The Balaban J connectivity index is 4.72.